The predicted molar refractivity (Wildman–Crippen MR) is 76.1 cm³/mol. The maximum Gasteiger partial charge on any atom is 0.0880 e. The molecule has 1 aromatic rings. The second-order valence-electron chi connectivity index (χ2n) is 5.72. The minimum atomic E-state index is -0.374. The molecule has 1 fully saturated rings. The first-order chi connectivity index (χ1) is 9.10. The van der Waals surface area contributed by atoms with Gasteiger partial charge in [0.25, 0.3) is 0 Å². The summed E-state index contributed by atoms with van der Waals surface area (Å²) >= 11 is 0. The summed E-state index contributed by atoms with van der Waals surface area (Å²) < 4.78 is 7.94. The smallest absolute Gasteiger partial charge is 0.0880 e. The molecule has 1 aromatic heterocycles. The zero-order chi connectivity index (χ0) is 13.8. The van der Waals surface area contributed by atoms with Crippen LogP contribution in [0.4, 0.5) is 0 Å². The second kappa shape index (κ2) is 6.55. The molecule has 2 heterocycles. The highest BCUT2D eigenvalue weighted by atomic mass is 16.5. The SMILES string of the molecule is CCN1CCOC(Cn2ccc(C(O)C(C)C)c2)C1. The molecule has 1 saturated heterocycles. The summed E-state index contributed by atoms with van der Waals surface area (Å²) in [6.07, 6.45) is 3.96. The average Bonchev–Trinajstić information content (AvgIpc) is 2.86. The summed E-state index contributed by atoms with van der Waals surface area (Å²) in [5.41, 5.74) is 0.998. The van der Waals surface area contributed by atoms with E-state index < -0.39 is 0 Å². The third-order valence-corrected chi connectivity index (χ3v) is 3.83. The Kier molecular flexibility index (Phi) is 5.02. The summed E-state index contributed by atoms with van der Waals surface area (Å²) in [6.45, 7) is 11.1. The molecule has 1 aliphatic rings. The van der Waals surface area contributed by atoms with E-state index in [0.29, 0.717) is 0 Å². The summed E-state index contributed by atoms with van der Waals surface area (Å²) in [5.74, 6) is 0.248. The van der Waals surface area contributed by atoms with Gasteiger partial charge in [0.05, 0.1) is 18.8 Å². The number of aromatic nitrogens is 1. The van der Waals surface area contributed by atoms with Crippen LogP contribution in [-0.4, -0.2) is 46.9 Å². The molecular weight excluding hydrogens is 240 g/mol. The first-order valence-electron chi connectivity index (χ1n) is 7.27. The molecule has 19 heavy (non-hydrogen) atoms. The third-order valence-electron chi connectivity index (χ3n) is 3.83. The maximum absolute atomic E-state index is 10.0. The number of likely N-dealkylation sites (N-methyl/N-ethyl adjacent to an activating group) is 1. The molecule has 0 bridgehead atoms. The zero-order valence-corrected chi connectivity index (χ0v) is 12.2. The van der Waals surface area contributed by atoms with Gasteiger partial charge < -0.3 is 14.4 Å². The minimum absolute atomic E-state index is 0.248. The van der Waals surface area contributed by atoms with E-state index in [2.05, 4.69) is 16.4 Å². The largest absolute Gasteiger partial charge is 0.388 e. The molecule has 2 atom stereocenters. The Morgan fingerprint density at radius 2 is 2.26 bits per heavy atom. The molecule has 4 heteroatoms. The summed E-state index contributed by atoms with van der Waals surface area (Å²) in [5, 5.41) is 10.0. The van der Waals surface area contributed by atoms with Gasteiger partial charge in [-0.3, -0.25) is 4.90 Å². The van der Waals surface area contributed by atoms with Crippen molar-refractivity contribution in [3.05, 3.63) is 24.0 Å². The van der Waals surface area contributed by atoms with E-state index in [0.717, 1.165) is 38.3 Å². The van der Waals surface area contributed by atoms with Crippen LogP contribution in [0.2, 0.25) is 0 Å². The molecule has 4 nitrogen and oxygen atoms in total. The Labute approximate surface area is 116 Å². The number of hydrogen-bond donors (Lipinski definition) is 1. The van der Waals surface area contributed by atoms with E-state index in [1.165, 1.54) is 0 Å². The number of rotatable bonds is 5. The van der Waals surface area contributed by atoms with Crippen LogP contribution in [0.5, 0.6) is 0 Å². The maximum atomic E-state index is 10.0. The molecule has 1 aliphatic heterocycles. The standard InChI is InChI=1S/C15H26N2O2/c1-4-16-7-8-19-14(10-16)11-17-6-5-13(9-17)15(18)12(2)3/h5-6,9,12,14-15,18H,4,7-8,10-11H2,1-3H3. The first-order valence-corrected chi connectivity index (χ1v) is 7.27. The lowest BCUT2D eigenvalue weighted by Crippen LogP contribution is -2.43. The highest BCUT2D eigenvalue weighted by molar-refractivity contribution is 5.14. The van der Waals surface area contributed by atoms with E-state index in [9.17, 15) is 5.11 Å². The highest BCUT2D eigenvalue weighted by Gasteiger charge is 2.20. The van der Waals surface area contributed by atoms with E-state index in [1.54, 1.807) is 0 Å². The van der Waals surface area contributed by atoms with E-state index in [4.69, 9.17) is 4.74 Å². The van der Waals surface area contributed by atoms with Crippen molar-refractivity contribution >= 4 is 0 Å². The van der Waals surface area contributed by atoms with Crippen molar-refractivity contribution in [2.24, 2.45) is 5.92 Å². The van der Waals surface area contributed by atoms with Crippen LogP contribution in [0.1, 0.15) is 32.4 Å². The zero-order valence-electron chi connectivity index (χ0n) is 12.2. The molecule has 0 amide bonds. The fourth-order valence-electron chi connectivity index (χ4n) is 2.55. The molecule has 0 spiro atoms. The quantitative estimate of drug-likeness (QED) is 0.884. The molecular formula is C15H26N2O2. The van der Waals surface area contributed by atoms with E-state index >= 15 is 0 Å². The van der Waals surface area contributed by atoms with Crippen molar-refractivity contribution in [1.82, 2.24) is 9.47 Å². The molecule has 1 N–H and O–H groups in total. The molecule has 2 unspecified atom stereocenters. The summed E-state index contributed by atoms with van der Waals surface area (Å²) in [4.78, 5) is 2.42. The highest BCUT2D eigenvalue weighted by Crippen LogP contribution is 2.21. The van der Waals surface area contributed by atoms with Gasteiger partial charge in [-0.1, -0.05) is 20.8 Å². The molecule has 0 radical (unpaired) electrons. The van der Waals surface area contributed by atoms with Gasteiger partial charge in [0.2, 0.25) is 0 Å². The molecule has 0 aromatic carbocycles. The fraction of sp³-hybridized carbons (Fsp3) is 0.733. The number of nitrogens with zero attached hydrogens (tertiary/aromatic N) is 2. The molecule has 108 valence electrons. The first kappa shape index (κ1) is 14.6. The van der Waals surface area contributed by atoms with Gasteiger partial charge in [-0.05, 0) is 24.1 Å². The number of ether oxygens (including phenoxy) is 1. The number of aliphatic hydroxyl groups excluding tert-OH is 1. The Hall–Kier alpha value is -0.840. The van der Waals surface area contributed by atoms with Crippen LogP contribution in [-0.2, 0) is 11.3 Å². The number of aliphatic hydroxyl groups is 1. The summed E-state index contributed by atoms with van der Waals surface area (Å²) in [6, 6.07) is 2.01. The lowest BCUT2D eigenvalue weighted by molar-refractivity contribution is -0.0342. The Morgan fingerprint density at radius 1 is 1.47 bits per heavy atom. The van der Waals surface area contributed by atoms with Crippen LogP contribution in [0.15, 0.2) is 18.5 Å². The van der Waals surface area contributed by atoms with Gasteiger partial charge in [0.1, 0.15) is 0 Å². The normalized spacial score (nSPS) is 22.9. The predicted octanol–water partition coefficient (Wildman–Crippen LogP) is 1.90. The molecule has 2 rings (SSSR count). The lowest BCUT2D eigenvalue weighted by Gasteiger charge is -2.32. The van der Waals surface area contributed by atoms with Crippen LogP contribution in [0, 0.1) is 5.92 Å². The minimum Gasteiger partial charge on any atom is -0.388 e. The molecule has 0 aliphatic carbocycles. The summed E-state index contributed by atoms with van der Waals surface area (Å²) in [7, 11) is 0. The third kappa shape index (κ3) is 3.81. The van der Waals surface area contributed by atoms with Crippen molar-refractivity contribution in [2.45, 2.75) is 39.5 Å². The van der Waals surface area contributed by atoms with E-state index in [1.807, 2.05) is 32.3 Å². The van der Waals surface area contributed by atoms with Gasteiger partial charge in [-0.15, -0.1) is 0 Å². The van der Waals surface area contributed by atoms with Crippen molar-refractivity contribution in [3.8, 4) is 0 Å². The topological polar surface area (TPSA) is 37.6 Å². The molecule has 0 saturated carbocycles. The average molecular weight is 266 g/mol. The second-order valence-corrected chi connectivity index (χ2v) is 5.72. The Bertz CT molecular complexity index is 389. The van der Waals surface area contributed by atoms with Gasteiger partial charge >= 0.3 is 0 Å². The van der Waals surface area contributed by atoms with Crippen molar-refractivity contribution in [3.63, 3.8) is 0 Å². The van der Waals surface area contributed by atoms with Crippen LogP contribution < -0.4 is 0 Å². The Morgan fingerprint density at radius 3 is 2.95 bits per heavy atom. The van der Waals surface area contributed by atoms with Gasteiger partial charge in [0, 0.05) is 32.0 Å². The lowest BCUT2D eigenvalue weighted by atomic mass is 10.0. The van der Waals surface area contributed by atoms with E-state index in [-0.39, 0.29) is 18.1 Å². The number of hydrogen-bond acceptors (Lipinski definition) is 3. The van der Waals surface area contributed by atoms with Gasteiger partial charge in [-0.25, -0.2) is 0 Å². The van der Waals surface area contributed by atoms with Gasteiger partial charge in [0.15, 0.2) is 0 Å². The Balaban J connectivity index is 1.92. The van der Waals surface area contributed by atoms with Crippen LogP contribution >= 0.6 is 0 Å². The van der Waals surface area contributed by atoms with Crippen molar-refractivity contribution in [1.29, 1.82) is 0 Å². The van der Waals surface area contributed by atoms with Crippen LogP contribution in [0.3, 0.4) is 0 Å². The van der Waals surface area contributed by atoms with Crippen molar-refractivity contribution in [2.75, 3.05) is 26.2 Å². The fourth-order valence-corrected chi connectivity index (χ4v) is 2.55. The van der Waals surface area contributed by atoms with Gasteiger partial charge in [-0.2, -0.15) is 0 Å². The monoisotopic (exact) mass is 266 g/mol. The van der Waals surface area contributed by atoms with Crippen LogP contribution in [0.25, 0.3) is 0 Å². The van der Waals surface area contributed by atoms with Crippen molar-refractivity contribution < 1.29 is 9.84 Å². The number of morpholine rings is 1.